The molecule has 1 fully saturated rings. The lowest BCUT2D eigenvalue weighted by atomic mass is 10.2. The van der Waals surface area contributed by atoms with Crippen molar-refractivity contribution in [2.75, 3.05) is 43.1 Å². The van der Waals surface area contributed by atoms with Crippen LogP contribution in [-0.2, 0) is 0 Å². The first-order chi connectivity index (χ1) is 12.2. The zero-order valence-corrected chi connectivity index (χ0v) is 15.8. The molecule has 2 heterocycles. The Bertz CT molecular complexity index is 897. The van der Waals surface area contributed by atoms with E-state index in [4.69, 9.17) is 9.72 Å². The SMILES string of the molecule is COc1ccc(C)c2sc(N3CCN(c4cccc(C)c4)CC3)nc12. The van der Waals surface area contributed by atoms with Crippen LogP contribution in [0.1, 0.15) is 11.1 Å². The average Bonchev–Trinajstić information content (AvgIpc) is 3.09. The molecule has 1 aliphatic rings. The highest BCUT2D eigenvalue weighted by atomic mass is 32.1. The van der Waals surface area contributed by atoms with Crippen LogP contribution in [0.2, 0.25) is 0 Å². The maximum absolute atomic E-state index is 5.49. The molecule has 2 aromatic carbocycles. The number of benzene rings is 2. The minimum Gasteiger partial charge on any atom is -0.494 e. The standard InChI is InChI=1S/C20H23N3OS/c1-14-5-4-6-16(13-14)22-9-11-23(12-10-22)20-21-18-17(24-3)8-7-15(2)19(18)25-20/h4-8,13H,9-12H2,1-3H3. The third kappa shape index (κ3) is 3.04. The van der Waals surface area contributed by atoms with Crippen molar-refractivity contribution < 1.29 is 4.74 Å². The minimum atomic E-state index is 0.862. The normalized spacial score (nSPS) is 15.0. The number of aromatic nitrogens is 1. The number of nitrogens with zero attached hydrogens (tertiary/aromatic N) is 3. The van der Waals surface area contributed by atoms with Crippen LogP contribution in [0.25, 0.3) is 10.2 Å². The molecule has 25 heavy (non-hydrogen) atoms. The van der Waals surface area contributed by atoms with E-state index in [2.05, 4.69) is 54.0 Å². The van der Waals surface area contributed by atoms with E-state index < -0.39 is 0 Å². The van der Waals surface area contributed by atoms with Crippen LogP contribution in [0.15, 0.2) is 36.4 Å². The van der Waals surface area contributed by atoms with Gasteiger partial charge in [-0.25, -0.2) is 4.98 Å². The molecule has 0 spiro atoms. The Labute approximate surface area is 152 Å². The van der Waals surface area contributed by atoms with Crippen LogP contribution in [-0.4, -0.2) is 38.3 Å². The van der Waals surface area contributed by atoms with Gasteiger partial charge in [-0.05, 0) is 43.2 Å². The first-order valence-electron chi connectivity index (χ1n) is 8.66. The maximum atomic E-state index is 5.49. The molecule has 1 aromatic heterocycles. The number of hydrogen-bond acceptors (Lipinski definition) is 5. The highest BCUT2D eigenvalue weighted by Gasteiger charge is 2.21. The van der Waals surface area contributed by atoms with E-state index in [0.29, 0.717) is 0 Å². The second-order valence-corrected chi connectivity index (χ2v) is 7.55. The van der Waals surface area contributed by atoms with E-state index in [1.165, 1.54) is 21.5 Å². The van der Waals surface area contributed by atoms with Crippen LogP contribution in [0.3, 0.4) is 0 Å². The number of ether oxygens (including phenoxy) is 1. The molecule has 0 atom stereocenters. The lowest BCUT2D eigenvalue weighted by Crippen LogP contribution is -2.46. The Balaban J connectivity index is 1.55. The fourth-order valence-corrected chi connectivity index (χ4v) is 4.48. The number of anilines is 2. The smallest absolute Gasteiger partial charge is 0.186 e. The third-order valence-corrected chi connectivity index (χ3v) is 6.08. The molecule has 0 unspecified atom stereocenters. The molecule has 0 amide bonds. The van der Waals surface area contributed by atoms with Crippen molar-refractivity contribution in [1.82, 2.24) is 4.98 Å². The number of piperazine rings is 1. The van der Waals surface area contributed by atoms with E-state index in [1.807, 2.05) is 6.07 Å². The van der Waals surface area contributed by atoms with E-state index in [0.717, 1.165) is 42.6 Å². The number of hydrogen-bond donors (Lipinski definition) is 0. The zero-order valence-electron chi connectivity index (χ0n) is 15.0. The van der Waals surface area contributed by atoms with Gasteiger partial charge < -0.3 is 14.5 Å². The second kappa shape index (κ2) is 6.56. The average molecular weight is 353 g/mol. The van der Waals surface area contributed by atoms with Crippen molar-refractivity contribution >= 4 is 32.4 Å². The van der Waals surface area contributed by atoms with Gasteiger partial charge in [0.05, 0.1) is 11.8 Å². The van der Waals surface area contributed by atoms with Crippen LogP contribution in [0.5, 0.6) is 5.75 Å². The van der Waals surface area contributed by atoms with Crippen LogP contribution < -0.4 is 14.5 Å². The van der Waals surface area contributed by atoms with Gasteiger partial charge in [-0.3, -0.25) is 0 Å². The van der Waals surface area contributed by atoms with Crippen molar-refractivity contribution in [3.8, 4) is 5.75 Å². The Kier molecular flexibility index (Phi) is 4.25. The van der Waals surface area contributed by atoms with Gasteiger partial charge in [0.2, 0.25) is 0 Å². The molecule has 3 aromatic rings. The Morgan fingerprint density at radius 3 is 2.48 bits per heavy atom. The van der Waals surface area contributed by atoms with E-state index >= 15 is 0 Å². The molecular formula is C20H23N3OS. The minimum absolute atomic E-state index is 0.862. The Morgan fingerprint density at radius 2 is 1.76 bits per heavy atom. The van der Waals surface area contributed by atoms with Gasteiger partial charge in [0, 0.05) is 31.9 Å². The van der Waals surface area contributed by atoms with Gasteiger partial charge in [0.25, 0.3) is 0 Å². The number of aryl methyl sites for hydroxylation is 2. The number of fused-ring (bicyclic) bond motifs is 1. The largest absolute Gasteiger partial charge is 0.494 e. The summed E-state index contributed by atoms with van der Waals surface area (Å²) in [5.41, 5.74) is 4.89. The third-order valence-electron chi connectivity index (χ3n) is 4.83. The van der Waals surface area contributed by atoms with Gasteiger partial charge >= 0.3 is 0 Å². The predicted molar refractivity (Wildman–Crippen MR) is 107 cm³/mol. The van der Waals surface area contributed by atoms with Crippen molar-refractivity contribution in [3.63, 3.8) is 0 Å². The van der Waals surface area contributed by atoms with E-state index in [1.54, 1.807) is 18.4 Å². The fraction of sp³-hybridized carbons (Fsp3) is 0.350. The molecule has 1 saturated heterocycles. The summed E-state index contributed by atoms with van der Waals surface area (Å²) in [5.74, 6) is 0.862. The van der Waals surface area contributed by atoms with E-state index in [9.17, 15) is 0 Å². The number of rotatable bonds is 3. The highest BCUT2D eigenvalue weighted by Crippen LogP contribution is 2.36. The molecule has 0 bridgehead atoms. The van der Waals surface area contributed by atoms with Crippen LogP contribution >= 0.6 is 11.3 Å². The fourth-order valence-electron chi connectivity index (χ4n) is 3.38. The van der Waals surface area contributed by atoms with Gasteiger partial charge in [-0.2, -0.15) is 0 Å². The summed E-state index contributed by atoms with van der Waals surface area (Å²) in [6, 6.07) is 12.9. The summed E-state index contributed by atoms with van der Waals surface area (Å²) in [4.78, 5) is 9.74. The summed E-state index contributed by atoms with van der Waals surface area (Å²) < 4.78 is 6.72. The lowest BCUT2D eigenvalue weighted by molar-refractivity contribution is 0.419. The molecule has 1 aliphatic heterocycles. The lowest BCUT2D eigenvalue weighted by Gasteiger charge is -2.36. The molecule has 5 heteroatoms. The summed E-state index contributed by atoms with van der Waals surface area (Å²) >= 11 is 1.78. The predicted octanol–water partition coefficient (Wildman–Crippen LogP) is 4.25. The van der Waals surface area contributed by atoms with Gasteiger partial charge in [-0.1, -0.05) is 29.5 Å². The quantitative estimate of drug-likeness (QED) is 0.704. The highest BCUT2D eigenvalue weighted by molar-refractivity contribution is 7.22. The molecular weight excluding hydrogens is 330 g/mol. The maximum Gasteiger partial charge on any atom is 0.186 e. The molecule has 130 valence electrons. The monoisotopic (exact) mass is 353 g/mol. The van der Waals surface area contributed by atoms with Crippen LogP contribution in [0, 0.1) is 13.8 Å². The zero-order chi connectivity index (χ0) is 17.4. The number of methoxy groups -OCH3 is 1. The van der Waals surface area contributed by atoms with Crippen molar-refractivity contribution in [1.29, 1.82) is 0 Å². The van der Waals surface area contributed by atoms with Gasteiger partial charge in [-0.15, -0.1) is 0 Å². The molecule has 0 aliphatic carbocycles. The number of thiazole rings is 1. The van der Waals surface area contributed by atoms with Crippen molar-refractivity contribution in [3.05, 3.63) is 47.5 Å². The first-order valence-corrected chi connectivity index (χ1v) is 9.48. The molecule has 0 N–H and O–H groups in total. The summed E-state index contributed by atoms with van der Waals surface area (Å²) in [6.07, 6.45) is 0. The second-order valence-electron chi connectivity index (χ2n) is 6.57. The molecule has 0 saturated carbocycles. The molecule has 4 rings (SSSR count). The molecule has 4 nitrogen and oxygen atoms in total. The summed E-state index contributed by atoms with van der Waals surface area (Å²) in [5, 5.41) is 1.10. The van der Waals surface area contributed by atoms with Gasteiger partial charge in [0.1, 0.15) is 11.3 Å². The Hall–Kier alpha value is -2.27. The van der Waals surface area contributed by atoms with Crippen molar-refractivity contribution in [2.24, 2.45) is 0 Å². The Morgan fingerprint density at radius 1 is 1.00 bits per heavy atom. The molecule has 0 radical (unpaired) electrons. The van der Waals surface area contributed by atoms with Gasteiger partial charge in [0.15, 0.2) is 5.13 Å². The van der Waals surface area contributed by atoms with E-state index in [-0.39, 0.29) is 0 Å². The topological polar surface area (TPSA) is 28.6 Å². The van der Waals surface area contributed by atoms with Crippen molar-refractivity contribution in [2.45, 2.75) is 13.8 Å². The summed E-state index contributed by atoms with van der Waals surface area (Å²) in [7, 11) is 1.71. The van der Waals surface area contributed by atoms with Crippen LogP contribution in [0.4, 0.5) is 10.8 Å². The first kappa shape index (κ1) is 16.2. The summed E-state index contributed by atoms with van der Waals surface area (Å²) in [6.45, 7) is 8.32.